The molecule has 3 rings (SSSR count). The average molecular weight is 430 g/mol. The van der Waals surface area contributed by atoms with Crippen LogP contribution in [0.5, 0.6) is 5.75 Å². The van der Waals surface area contributed by atoms with E-state index in [0.29, 0.717) is 12.3 Å². The van der Waals surface area contributed by atoms with Crippen molar-refractivity contribution >= 4 is 11.9 Å². The first-order valence-corrected chi connectivity index (χ1v) is 10.8. The van der Waals surface area contributed by atoms with Crippen LogP contribution in [0.15, 0.2) is 47.7 Å². The Morgan fingerprint density at radius 3 is 2.61 bits per heavy atom. The number of guanidine groups is 1. The fraction of sp³-hybridized carbons (Fsp3) is 0.500. The zero-order chi connectivity index (χ0) is 21.9. The molecule has 8 nitrogen and oxygen atoms in total. The van der Waals surface area contributed by atoms with Crippen LogP contribution in [0, 0.1) is 5.82 Å². The van der Waals surface area contributed by atoms with E-state index < -0.39 is 0 Å². The number of nitrogens with one attached hydrogen (secondary N) is 2. The maximum atomic E-state index is 13.4. The van der Waals surface area contributed by atoms with E-state index in [0.717, 1.165) is 57.6 Å². The molecule has 31 heavy (non-hydrogen) atoms. The number of benzene rings is 1. The van der Waals surface area contributed by atoms with Gasteiger partial charge in [0.1, 0.15) is 17.7 Å². The fourth-order valence-electron chi connectivity index (χ4n) is 3.39. The summed E-state index contributed by atoms with van der Waals surface area (Å²) < 4.78 is 19.2. The van der Waals surface area contributed by atoms with Gasteiger partial charge in [0.05, 0.1) is 6.54 Å². The molecule has 2 aromatic rings. The Bertz CT molecular complexity index is 813. The molecule has 1 unspecified atom stereocenters. The molecule has 1 fully saturated rings. The van der Waals surface area contributed by atoms with Crippen molar-refractivity contribution in [2.24, 2.45) is 4.99 Å². The summed E-state index contributed by atoms with van der Waals surface area (Å²) in [5, 5.41) is 6.65. The Hall–Kier alpha value is -2.94. The highest BCUT2D eigenvalue weighted by Crippen LogP contribution is 2.14. The molecule has 9 heteroatoms. The molecule has 1 aliphatic heterocycles. The van der Waals surface area contributed by atoms with Gasteiger partial charge in [0.15, 0.2) is 5.96 Å². The Kier molecular flexibility index (Phi) is 8.84. The van der Waals surface area contributed by atoms with Crippen LogP contribution in [0.25, 0.3) is 0 Å². The minimum absolute atomic E-state index is 0.0753. The summed E-state index contributed by atoms with van der Waals surface area (Å²) in [6.07, 6.45) is 4.29. The van der Waals surface area contributed by atoms with Crippen molar-refractivity contribution in [2.75, 3.05) is 57.8 Å². The number of anilines is 1. The number of piperazine rings is 1. The lowest BCUT2D eigenvalue weighted by atomic mass is 10.2. The molecular formula is C22H32FN7O. The second-order valence-electron chi connectivity index (χ2n) is 7.36. The van der Waals surface area contributed by atoms with Gasteiger partial charge in [0.25, 0.3) is 0 Å². The molecule has 1 aromatic carbocycles. The standard InChI is InChI=1S/C22H32FN7O/c1-3-19(31-20-7-4-6-18(23)16-20)17-28-21(24-2)25-10-11-29-12-14-30(15-13-29)22-26-8-5-9-27-22/h4-9,16,19H,3,10-15,17H2,1-2H3,(H2,24,25,28). The topological polar surface area (TPSA) is 77.9 Å². The van der Waals surface area contributed by atoms with Gasteiger partial charge in [0, 0.05) is 64.8 Å². The molecule has 0 saturated carbocycles. The van der Waals surface area contributed by atoms with Gasteiger partial charge in [-0.25, -0.2) is 14.4 Å². The van der Waals surface area contributed by atoms with Crippen LogP contribution >= 0.6 is 0 Å². The van der Waals surface area contributed by atoms with Crippen molar-refractivity contribution in [1.82, 2.24) is 25.5 Å². The SMILES string of the molecule is CCC(CNC(=NC)NCCN1CCN(c2ncccn2)CC1)Oc1cccc(F)c1. The van der Waals surface area contributed by atoms with Crippen molar-refractivity contribution in [2.45, 2.75) is 19.4 Å². The molecule has 1 atom stereocenters. The third-order valence-corrected chi connectivity index (χ3v) is 5.20. The van der Waals surface area contributed by atoms with Gasteiger partial charge in [-0.3, -0.25) is 9.89 Å². The minimum Gasteiger partial charge on any atom is -0.489 e. The van der Waals surface area contributed by atoms with E-state index in [4.69, 9.17) is 4.74 Å². The van der Waals surface area contributed by atoms with Gasteiger partial charge >= 0.3 is 0 Å². The normalized spacial score (nSPS) is 16.1. The van der Waals surface area contributed by atoms with Crippen LogP contribution in [-0.4, -0.2) is 79.8 Å². The number of hydrogen-bond acceptors (Lipinski definition) is 6. The molecule has 1 aromatic heterocycles. The smallest absolute Gasteiger partial charge is 0.225 e. The van der Waals surface area contributed by atoms with E-state index >= 15 is 0 Å². The minimum atomic E-state index is -0.296. The summed E-state index contributed by atoms with van der Waals surface area (Å²) in [7, 11) is 1.75. The first kappa shape index (κ1) is 22.7. The Balaban J connectivity index is 1.35. The Morgan fingerprint density at radius 2 is 1.94 bits per heavy atom. The number of rotatable bonds is 9. The second-order valence-corrected chi connectivity index (χ2v) is 7.36. The number of aromatic nitrogens is 2. The van der Waals surface area contributed by atoms with Crippen molar-refractivity contribution in [3.63, 3.8) is 0 Å². The summed E-state index contributed by atoms with van der Waals surface area (Å²) in [6.45, 7) is 8.16. The van der Waals surface area contributed by atoms with Crippen LogP contribution < -0.4 is 20.3 Å². The molecule has 2 heterocycles. The quantitative estimate of drug-likeness (QED) is 0.465. The van der Waals surface area contributed by atoms with Crippen molar-refractivity contribution in [3.8, 4) is 5.75 Å². The highest BCUT2D eigenvalue weighted by Gasteiger charge is 2.18. The van der Waals surface area contributed by atoms with Crippen LogP contribution in [0.2, 0.25) is 0 Å². The van der Waals surface area contributed by atoms with Crippen LogP contribution in [-0.2, 0) is 0 Å². The van der Waals surface area contributed by atoms with Crippen LogP contribution in [0.3, 0.4) is 0 Å². The monoisotopic (exact) mass is 429 g/mol. The van der Waals surface area contributed by atoms with Crippen molar-refractivity contribution < 1.29 is 9.13 Å². The van der Waals surface area contributed by atoms with E-state index in [1.165, 1.54) is 12.1 Å². The Labute approximate surface area is 183 Å². The van der Waals surface area contributed by atoms with Crippen LogP contribution in [0.1, 0.15) is 13.3 Å². The zero-order valence-electron chi connectivity index (χ0n) is 18.3. The first-order chi connectivity index (χ1) is 15.2. The molecule has 168 valence electrons. The predicted molar refractivity (Wildman–Crippen MR) is 121 cm³/mol. The molecule has 2 N–H and O–H groups in total. The maximum Gasteiger partial charge on any atom is 0.225 e. The van der Waals surface area contributed by atoms with Crippen molar-refractivity contribution in [1.29, 1.82) is 0 Å². The lowest BCUT2D eigenvalue weighted by Gasteiger charge is -2.34. The summed E-state index contributed by atoms with van der Waals surface area (Å²) in [6, 6.07) is 8.07. The molecule has 0 radical (unpaired) electrons. The van der Waals surface area contributed by atoms with Gasteiger partial charge in [0.2, 0.25) is 5.95 Å². The van der Waals surface area contributed by atoms with E-state index in [2.05, 4.69) is 35.4 Å². The molecule has 0 aliphatic carbocycles. The summed E-state index contributed by atoms with van der Waals surface area (Å²) >= 11 is 0. The first-order valence-electron chi connectivity index (χ1n) is 10.8. The predicted octanol–water partition coefficient (Wildman–Crippen LogP) is 1.76. The summed E-state index contributed by atoms with van der Waals surface area (Å²) in [5.74, 6) is 1.78. The number of ether oxygens (including phenoxy) is 1. The van der Waals surface area contributed by atoms with Gasteiger partial charge < -0.3 is 20.3 Å². The molecule has 1 aliphatic rings. The fourth-order valence-corrected chi connectivity index (χ4v) is 3.39. The molecule has 0 spiro atoms. The lowest BCUT2D eigenvalue weighted by molar-refractivity contribution is 0.198. The number of nitrogens with zero attached hydrogens (tertiary/aromatic N) is 5. The lowest BCUT2D eigenvalue weighted by Crippen LogP contribution is -2.50. The maximum absolute atomic E-state index is 13.4. The Morgan fingerprint density at radius 1 is 1.16 bits per heavy atom. The molecule has 0 amide bonds. The molecular weight excluding hydrogens is 397 g/mol. The third-order valence-electron chi connectivity index (χ3n) is 5.20. The van der Waals surface area contributed by atoms with Gasteiger partial charge in [-0.15, -0.1) is 0 Å². The largest absolute Gasteiger partial charge is 0.489 e. The molecule has 0 bridgehead atoms. The summed E-state index contributed by atoms with van der Waals surface area (Å²) in [4.78, 5) is 17.6. The van der Waals surface area contributed by atoms with E-state index in [1.54, 1.807) is 31.6 Å². The van der Waals surface area contributed by atoms with Crippen LogP contribution in [0.4, 0.5) is 10.3 Å². The number of hydrogen-bond donors (Lipinski definition) is 2. The second kappa shape index (κ2) is 12.0. The van der Waals surface area contributed by atoms with Gasteiger partial charge in [-0.05, 0) is 24.6 Å². The average Bonchev–Trinajstić information content (AvgIpc) is 2.81. The third kappa shape index (κ3) is 7.36. The highest BCUT2D eigenvalue weighted by atomic mass is 19.1. The zero-order valence-corrected chi connectivity index (χ0v) is 18.3. The van der Waals surface area contributed by atoms with E-state index in [-0.39, 0.29) is 11.9 Å². The van der Waals surface area contributed by atoms with Crippen molar-refractivity contribution in [3.05, 3.63) is 48.5 Å². The number of halogens is 1. The van der Waals surface area contributed by atoms with E-state index in [1.807, 2.05) is 13.0 Å². The molecule has 1 saturated heterocycles. The highest BCUT2D eigenvalue weighted by molar-refractivity contribution is 5.79. The van der Waals surface area contributed by atoms with Gasteiger partial charge in [-0.2, -0.15) is 0 Å². The van der Waals surface area contributed by atoms with Gasteiger partial charge in [-0.1, -0.05) is 13.0 Å². The number of aliphatic imine (C=N–C) groups is 1. The summed E-state index contributed by atoms with van der Waals surface area (Å²) in [5.41, 5.74) is 0. The van der Waals surface area contributed by atoms with E-state index in [9.17, 15) is 4.39 Å².